The van der Waals surface area contributed by atoms with Gasteiger partial charge < -0.3 is 5.32 Å². The lowest BCUT2D eigenvalue weighted by atomic mass is 10.0. The molecule has 0 spiro atoms. The number of hydrogen-bond acceptors (Lipinski definition) is 1. The van der Waals surface area contributed by atoms with Gasteiger partial charge >= 0.3 is 0 Å². The van der Waals surface area contributed by atoms with Gasteiger partial charge in [0.1, 0.15) is 0 Å². The highest BCUT2D eigenvalue weighted by molar-refractivity contribution is 9.09. The van der Waals surface area contributed by atoms with E-state index in [9.17, 15) is 4.79 Å². The Labute approximate surface area is 95.0 Å². The van der Waals surface area contributed by atoms with Crippen molar-refractivity contribution in [1.82, 2.24) is 5.32 Å². The molecule has 1 amide bonds. The van der Waals surface area contributed by atoms with Crippen LogP contribution in [0.1, 0.15) is 39.5 Å². The number of carbonyl (C=O) groups excluding carboxylic acids is 1. The lowest BCUT2D eigenvalue weighted by Crippen LogP contribution is -2.40. The number of rotatable bonds is 4. The van der Waals surface area contributed by atoms with Crippen LogP contribution in [0, 0.1) is 11.8 Å². The molecule has 2 nitrogen and oxygen atoms in total. The van der Waals surface area contributed by atoms with Crippen molar-refractivity contribution in [3.05, 3.63) is 0 Å². The van der Waals surface area contributed by atoms with Gasteiger partial charge in [-0.05, 0) is 25.7 Å². The molecule has 0 bridgehead atoms. The lowest BCUT2D eigenvalue weighted by Gasteiger charge is -2.21. The Hall–Kier alpha value is -0.0500. The Morgan fingerprint density at radius 3 is 2.50 bits per heavy atom. The van der Waals surface area contributed by atoms with E-state index in [0.717, 1.165) is 18.2 Å². The van der Waals surface area contributed by atoms with Gasteiger partial charge in [-0.2, -0.15) is 0 Å². The van der Waals surface area contributed by atoms with Crippen molar-refractivity contribution in [3.63, 3.8) is 0 Å². The molecule has 2 atom stereocenters. The normalized spacial score (nSPS) is 21.9. The molecule has 0 aromatic rings. The minimum Gasteiger partial charge on any atom is -0.353 e. The van der Waals surface area contributed by atoms with E-state index in [0.29, 0.717) is 11.8 Å². The summed E-state index contributed by atoms with van der Waals surface area (Å²) in [6, 6.07) is 0.280. The molecule has 0 aliphatic heterocycles. The van der Waals surface area contributed by atoms with Gasteiger partial charge in [0.15, 0.2) is 0 Å². The summed E-state index contributed by atoms with van der Waals surface area (Å²) in [7, 11) is 0. The molecular weight excluding hydrogens is 242 g/mol. The van der Waals surface area contributed by atoms with E-state index in [1.54, 1.807) is 0 Å². The predicted octanol–water partition coefficient (Wildman–Crippen LogP) is 2.71. The lowest BCUT2D eigenvalue weighted by molar-refractivity contribution is -0.125. The largest absolute Gasteiger partial charge is 0.353 e. The second-order valence-corrected chi connectivity index (χ2v) is 5.06. The SMILES string of the molecule is CC(CBr)C(C)NC(=O)C1CCCC1. The molecule has 0 heterocycles. The maximum atomic E-state index is 11.7. The Kier molecular flexibility index (Phi) is 4.93. The average Bonchev–Trinajstić information content (AvgIpc) is 2.69. The Balaban J connectivity index is 2.31. The van der Waals surface area contributed by atoms with E-state index in [1.165, 1.54) is 12.8 Å². The van der Waals surface area contributed by atoms with Crippen molar-refractivity contribution in [3.8, 4) is 0 Å². The van der Waals surface area contributed by atoms with E-state index in [1.807, 2.05) is 0 Å². The van der Waals surface area contributed by atoms with E-state index < -0.39 is 0 Å². The zero-order valence-corrected chi connectivity index (χ0v) is 10.6. The molecule has 3 heteroatoms. The summed E-state index contributed by atoms with van der Waals surface area (Å²) in [6.45, 7) is 4.23. The Morgan fingerprint density at radius 1 is 1.43 bits per heavy atom. The average molecular weight is 262 g/mol. The predicted molar refractivity (Wildman–Crippen MR) is 62.5 cm³/mol. The first-order valence-corrected chi connectivity index (χ1v) is 6.63. The van der Waals surface area contributed by atoms with Gasteiger partial charge in [0.2, 0.25) is 5.91 Å². The topological polar surface area (TPSA) is 29.1 Å². The number of amides is 1. The summed E-state index contributed by atoms with van der Waals surface area (Å²) in [5.74, 6) is 1.06. The van der Waals surface area contributed by atoms with E-state index >= 15 is 0 Å². The molecule has 1 fully saturated rings. The highest BCUT2D eigenvalue weighted by Crippen LogP contribution is 2.25. The molecule has 1 rings (SSSR count). The maximum Gasteiger partial charge on any atom is 0.223 e. The van der Waals surface area contributed by atoms with Crippen LogP contribution in [-0.2, 0) is 4.79 Å². The number of alkyl halides is 1. The quantitative estimate of drug-likeness (QED) is 0.775. The van der Waals surface area contributed by atoms with Gasteiger partial charge in [-0.25, -0.2) is 0 Å². The molecule has 0 aromatic heterocycles. The van der Waals surface area contributed by atoms with Crippen molar-refractivity contribution in [2.75, 3.05) is 5.33 Å². The first-order valence-electron chi connectivity index (χ1n) is 5.51. The molecule has 0 radical (unpaired) electrons. The molecule has 14 heavy (non-hydrogen) atoms. The molecule has 0 aromatic carbocycles. The fraction of sp³-hybridized carbons (Fsp3) is 0.909. The smallest absolute Gasteiger partial charge is 0.223 e. The highest BCUT2D eigenvalue weighted by atomic mass is 79.9. The van der Waals surface area contributed by atoms with E-state index in [-0.39, 0.29) is 11.9 Å². The second-order valence-electron chi connectivity index (χ2n) is 4.41. The van der Waals surface area contributed by atoms with Crippen LogP contribution in [0.5, 0.6) is 0 Å². The fourth-order valence-electron chi connectivity index (χ4n) is 1.81. The van der Waals surface area contributed by atoms with Gasteiger partial charge in [-0.1, -0.05) is 35.7 Å². The molecule has 1 aliphatic rings. The Morgan fingerprint density at radius 2 is 2.00 bits per heavy atom. The first kappa shape index (κ1) is 12.0. The number of nitrogens with one attached hydrogen (secondary N) is 1. The van der Waals surface area contributed by atoms with Crippen LogP contribution in [0.3, 0.4) is 0 Å². The molecule has 2 unspecified atom stereocenters. The minimum atomic E-state index is 0.266. The van der Waals surface area contributed by atoms with Gasteiger partial charge in [-0.3, -0.25) is 4.79 Å². The van der Waals surface area contributed by atoms with Crippen molar-refractivity contribution in [1.29, 1.82) is 0 Å². The molecule has 1 saturated carbocycles. The van der Waals surface area contributed by atoms with Crippen molar-refractivity contribution < 1.29 is 4.79 Å². The second kappa shape index (κ2) is 5.74. The molecular formula is C11H20BrNO. The first-order chi connectivity index (χ1) is 6.65. The summed E-state index contributed by atoms with van der Waals surface area (Å²) in [4.78, 5) is 11.7. The summed E-state index contributed by atoms with van der Waals surface area (Å²) in [5.41, 5.74) is 0. The van der Waals surface area contributed by atoms with Gasteiger partial charge in [0, 0.05) is 17.3 Å². The third kappa shape index (κ3) is 3.26. The van der Waals surface area contributed by atoms with Gasteiger partial charge in [0.25, 0.3) is 0 Å². The monoisotopic (exact) mass is 261 g/mol. The standard InChI is InChI=1S/C11H20BrNO/c1-8(7-12)9(2)13-11(14)10-5-3-4-6-10/h8-10H,3-7H2,1-2H3,(H,13,14). The minimum absolute atomic E-state index is 0.266. The summed E-state index contributed by atoms with van der Waals surface area (Å²) >= 11 is 3.44. The molecule has 82 valence electrons. The number of carbonyl (C=O) groups is 1. The van der Waals surface area contributed by atoms with Crippen LogP contribution in [0.25, 0.3) is 0 Å². The zero-order valence-electron chi connectivity index (χ0n) is 9.05. The summed E-state index contributed by atoms with van der Waals surface area (Å²) < 4.78 is 0. The van der Waals surface area contributed by atoms with Crippen molar-refractivity contribution in [2.24, 2.45) is 11.8 Å². The molecule has 1 aliphatic carbocycles. The van der Waals surface area contributed by atoms with Crippen LogP contribution in [0.4, 0.5) is 0 Å². The van der Waals surface area contributed by atoms with Crippen LogP contribution >= 0.6 is 15.9 Å². The van der Waals surface area contributed by atoms with Crippen molar-refractivity contribution >= 4 is 21.8 Å². The van der Waals surface area contributed by atoms with Gasteiger partial charge in [0.05, 0.1) is 0 Å². The van der Waals surface area contributed by atoms with Crippen LogP contribution in [-0.4, -0.2) is 17.3 Å². The molecule has 1 N–H and O–H groups in total. The highest BCUT2D eigenvalue weighted by Gasteiger charge is 2.24. The van der Waals surface area contributed by atoms with Crippen LogP contribution in [0.15, 0.2) is 0 Å². The Bertz CT molecular complexity index is 190. The van der Waals surface area contributed by atoms with E-state index in [2.05, 4.69) is 35.1 Å². The summed E-state index contributed by atoms with van der Waals surface area (Å²) in [6.07, 6.45) is 4.61. The third-order valence-electron chi connectivity index (χ3n) is 3.19. The molecule has 0 saturated heterocycles. The number of halogens is 1. The van der Waals surface area contributed by atoms with Gasteiger partial charge in [-0.15, -0.1) is 0 Å². The van der Waals surface area contributed by atoms with Crippen LogP contribution < -0.4 is 5.32 Å². The van der Waals surface area contributed by atoms with E-state index in [4.69, 9.17) is 0 Å². The fourth-order valence-corrected chi connectivity index (χ4v) is 2.37. The van der Waals surface area contributed by atoms with Crippen LogP contribution in [0.2, 0.25) is 0 Å². The number of hydrogen-bond donors (Lipinski definition) is 1. The van der Waals surface area contributed by atoms with Crippen molar-refractivity contribution in [2.45, 2.75) is 45.6 Å². The summed E-state index contributed by atoms with van der Waals surface area (Å²) in [5, 5.41) is 4.05. The zero-order chi connectivity index (χ0) is 10.6. The third-order valence-corrected chi connectivity index (χ3v) is 4.21. The maximum absolute atomic E-state index is 11.7.